The summed E-state index contributed by atoms with van der Waals surface area (Å²) >= 11 is 0. The van der Waals surface area contributed by atoms with E-state index >= 15 is 0 Å². The third-order valence-electron chi connectivity index (χ3n) is 7.22. The van der Waals surface area contributed by atoms with Gasteiger partial charge in [0.2, 0.25) is 0 Å². The molecule has 7 nitrogen and oxygen atoms in total. The van der Waals surface area contributed by atoms with Gasteiger partial charge in [0.15, 0.2) is 11.7 Å². The molecular formula is C23H28N2O5. The number of hydrogen-bond donors (Lipinski definition) is 1. The van der Waals surface area contributed by atoms with Gasteiger partial charge in [-0.05, 0) is 75.3 Å². The van der Waals surface area contributed by atoms with Gasteiger partial charge in [-0.3, -0.25) is 14.2 Å². The first kappa shape index (κ1) is 19.4. The first-order valence-electron chi connectivity index (χ1n) is 11.0. The smallest absolute Gasteiger partial charge is 0.419 e. The molecule has 1 atom stereocenters. The number of benzene rings is 1. The minimum absolute atomic E-state index is 0.00157. The van der Waals surface area contributed by atoms with E-state index in [0.717, 1.165) is 37.0 Å². The Morgan fingerprint density at radius 1 is 1.17 bits per heavy atom. The summed E-state index contributed by atoms with van der Waals surface area (Å²) in [5.74, 6) is 0.987. The average molecular weight is 412 g/mol. The lowest BCUT2D eigenvalue weighted by Crippen LogP contribution is -2.61. The van der Waals surface area contributed by atoms with E-state index in [-0.39, 0.29) is 24.4 Å². The van der Waals surface area contributed by atoms with Crippen LogP contribution in [0, 0.1) is 17.8 Å². The molecule has 30 heavy (non-hydrogen) atoms. The van der Waals surface area contributed by atoms with Gasteiger partial charge in [0, 0.05) is 12.1 Å². The normalized spacial score (nSPS) is 30.4. The number of amides is 1. The highest BCUT2D eigenvalue weighted by atomic mass is 16.5. The molecule has 7 heteroatoms. The summed E-state index contributed by atoms with van der Waals surface area (Å²) in [5.41, 5.74) is 1.03. The summed E-state index contributed by atoms with van der Waals surface area (Å²) in [4.78, 5) is 37.1. The zero-order chi connectivity index (χ0) is 20.9. The van der Waals surface area contributed by atoms with Crippen LogP contribution in [0.3, 0.4) is 0 Å². The lowest BCUT2D eigenvalue weighted by molar-refractivity contribution is -0.156. The van der Waals surface area contributed by atoms with Crippen LogP contribution in [0.15, 0.2) is 33.5 Å². The van der Waals surface area contributed by atoms with Gasteiger partial charge in [0.1, 0.15) is 0 Å². The third-order valence-corrected chi connectivity index (χ3v) is 7.22. The first-order chi connectivity index (χ1) is 14.4. The predicted octanol–water partition coefficient (Wildman–Crippen LogP) is 3.00. The summed E-state index contributed by atoms with van der Waals surface area (Å²) in [5, 5.41) is 3.25. The molecule has 0 saturated heterocycles. The SMILES string of the molecule is C[C@@H](OC(=O)CCn1c(=O)oc2ccccc21)C(=O)NC12CC3CC(CC(C3)C1)C2. The van der Waals surface area contributed by atoms with Gasteiger partial charge in [0.25, 0.3) is 5.91 Å². The van der Waals surface area contributed by atoms with E-state index in [2.05, 4.69) is 5.32 Å². The Morgan fingerprint density at radius 3 is 2.47 bits per heavy atom. The maximum absolute atomic E-state index is 12.8. The molecule has 1 amide bonds. The molecule has 0 aliphatic heterocycles. The molecule has 0 spiro atoms. The summed E-state index contributed by atoms with van der Waals surface area (Å²) in [6, 6.07) is 7.08. The molecular weight excluding hydrogens is 384 g/mol. The third kappa shape index (κ3) is 3.55. The van der Waals surface area contributed by atoms with Crippen molar-refractivity contribution in [2.45, 2.75) is 70.1 Å². The van der Waals surface area contributed by atoms with Crippen LogP contribution < -0.4 is 11.1 Å². The van der Waals surface area contributed by atoms with Gasteiger partial charge >= 0.3 is 11.7 Å². The van der Waals surface area contributed by atoms with Gasteiger partial charge in [-0.15, -0.1) is 0 Å². The molecule has 4 fully saturated rings. The number of esters is 1. The van der Waals surface area contributed by atoms with E-state index in [4.69, 9.17) is 9.15 Å². The Labute approximate surface area is 174 Å². The molecule has 4 saturated carbocycles. The molecule has 4 aliphatic carbocycles. The standard InChI is InChI=1S/C23H28N2O5/c1-14(21(27)24-23-11-15-8-16(12-23)10-17(9-15)13-23)29-20(26)6-7-25-18-4-2-3-5-19(18)30-22(25)28/h2-5,14-17H,6-13H2,1H3,(H,24,27)/t14-,15?,16?,17?,23?/m1/s1. The molecule has 1 aromatic carbocycles. The first-order valence-corrected chi connectivity index (χ1v) is 11.0. The number of carbonyl (C=O) groups excluding carboxylic acids is 2. The second-order valence-electron chi connectivity index (χ2n) is 9.56. The number of hydrogen-bond acceptors (Lipinski definition) is 5. The fraction of sp³-hybridized carbons (Fsp3) is 0.609. The summed E-state index contributed by atoms with van der Waals surface area (Å²) in [6.07, 6.45) is 6.25. The van der Waals surface area contributed by atoms with Gasteiger partial charge in [-0.25, -0.2) is 4.79 Å². The van der Waals surface area contributed by atoms with Gasteiger partial charge in [-0.2, -0.15) is 0 Å². The van der Waals surface area contributed by atoms with E-state index in [0.29, 0.717) is 11.1 Å². The van der Waals surface area contributed by atoms with Crippen LogP contribution in [-0.2, 0) is 20.9 Å². The zero-order valence-electron chi connectivity index (χ0n) is 17.3. The molecule has 1 N–H and O–H groups in total. The minimum atomic E-state index is -0.844. The van der Waals surface area contributed by atoms with Crippen LogP contribution >= 0.6 is 0 Å². The van der Waals surface area contributed by atoms with Crippen molar-refractivity contribution in [3.05, 3.63) is 34.8 Å². The molecule has 0 unspecified atom stereocenters. The lowest BCUT2D eigenvalue weighted by Gasteiger charge is -2.57. The molecule has 1 aromatic heterocycles. The van der Waals surface area contributed by atoms with Gasteiger partial charge < -0.3 is 14.5 Å². The topological polar surface area (TPSA) is 90.5 Å². The number of rotatable bonds is 6. The van der Waals surface area contributed by atoms with Crippen LogP contribution in [0.4, 0.5) is 0 Å². The van der Waals surface area contributed by atoms with Gasteiger partial charge in [0.05, 0.1) is 11.9 Å². The summed E-state index contributed by atoms with van der Waals surface area (Å²) < 4.78 is 12.0. The molecule has 2 aromatic rings. The number of fused-ring (bicyclic) bond motifs is 1. The number of nitrogens with one attached hydrogen (secondary N) is 1. The van der Waals surface area contributed by atoms with Crippen molar-refractivity contribution < 1.29 is 18.7 Å². The molecule has 160 valence electrons. The van der Waals surface area contributed by atoms with Crippen LogP contribution in [0.5, 0.6) is 0 Å². The Bertz CT molecular complexity index is 1000. The van der Waals surface area contributed by atoms with Crippen molar-refractivity contribution >= 4 is 23.0 Å². The maximum Gasteiger partial charge on any atom is 0.419 e. The van der Waals surface area contributed by atoms with Crippen LogP contribution in [0.2, 0.25) is 0 Å². The van der Waals surface area contributed by atoms with E-state index in [1.54, 1.807) is 25.1 Å². The van der Waals surface area contributed by atoms with Gasteiger partial charge in [-0.1, -0.05) is 12.1 Å². The van der Waals surface area contributed by atoms with Crippen LogP contribution in [0.1, 0.15) is 51.9 Å². The number of para-hydroxylation sites is 2. The fourth-order valence-electron chi connectivity index (χ4n) is 6.37. The van der Waals surface area contributed by atoms with Crippen molar-refractivity contribution in [3.8, 4) is 0 Å². The van der Waals surface area contributed by atoms with Crippen molar-refractivity contribution in [3.63, 3.8) is 0 Å². The number of ether oxygens (including phenoxy) is 1. The van der Waals surface area contributed by atoms with Crippen molar-refractivity contribution in [1.29, 1.82) is 0 Å². The lowest BCUT2D eigenvalue weighted by atomic mass is 9.53. The number of aryl methyl sites for hydroxylation is 1. The Hall–Kier alpha value is -2.57. The number of nitrogens with zero attached hydrogens (tertiary/aromatic N) is 1. The van der Waals surface area contributed by atoms with E-state index in [1.165, 1.54) is 23.8 Å². The van der Waals surface area contributed by atoms with E-state index in [1.807, 2.05) is 6.07 Å². The Balaban J connectivity index is 1.17. The molecule has 6 rings (SSSR count). The monoisotopic (exact) mass is 412 g/mol. The highest BCUT2D eigenvalue weighted by Gasteiger charge is 2.51. The molecule has 4 aliphatic rings. The molecule has 1 heterocycles. The Kier molecular flexibility index (Phi) is 4.71. The van der Waals surface area contributed by atoms with E-state index < -0.39 is 17.8 Å². The van der Waals surface area contributed by atoms with E-state index in [9.17, 15) is 14.4 Å². The van der Waals surface area contributed by atoms with Crippen molar-refractivity contribution in [1.82, 2.24) is 9.88 Å². The number of oxazole rings is 1. The zero-order valence-corrected chi connectivity index (χ0v) is 17.3. The minimum Gasteiger partial charge on any atom is -0.452 e. The van der Waals surface area contributed by atoms with Crippen LogP contribution in [-0.4, -0.2) is 28.1 Å². The summed E-state index contributed by atoms with van der Waals surface area (Å²) in [6.45, 7) is 1.77. The average Bonchev–Trinajstić information content (AvgIpc) is 3.00. The number of carbonyl (C=O) groups is 2. The quantitative estimate of drug-likeness (QED) is 0.737. The maximum atomic E-state index is 12.8. The number of aromatic nitrogens is 1. The fourth-order valence-corrected chi connectivity index (χ4v) is 6.37. The molecule has 4 bridgehead atoms. The largest absolute Gasteiger partial charge is 0.452 e. The highest BCUT2D eigenvalue weighted by Crippen LogP contribution is 2.55. The predicted molar refractivity (Wildman–Crippen MR) is 110 cm³/mol. The second kappa shape index (κ2) is 7.29. The highest BCUT2D eigenvalue weighted by molar-refractivity contribution is 5.84. The van der Waals surface area contributed by atoms with Crippen molar-refractivity contribution in [2.75, 3.05) is 0 Å². The van der Waals surface area contributed by atoms with Crippen molar-refractivity contribution in [2.24, 2.45) is 17.8 Å². The van der Waals surface area contributed by atoms with Crippen LogP contribution in [0.25, 0.3) is 11.1 Å². The second-order valence-corrected chi connectivity index (χ2v) is 9.56. The Morgan fingerprint density at radius 2 is 1.80 bits per heavy atom. The molecule has 0 radical (unpaired) electrons. The summed E-state index contributed by atoms with van der Waals surface area (Å²) in [7, 11) is 0.